The maximum Gasteiger partial charge on any atom is 0.260 e. The predicted molar refractivity (Wildman–Crippen MR) is 121 cm³/mol. The summed E-state index contributed by atoms with van der Waals surface area (Å²) in [6.07, 6.45) is 6.54. The van der Waals surface area contributed by atoms with Crippen molar-refractivity contribution in [2.45, 2.75) is 51.0 Å². The van der Waals surface area contributed by atoms with E-state index in [-0.39, 0.29) is 24.2 Å². The van der Waals surface area contributed by atoms with Crippen LogP contribution in [0.2, 0.25) is 0 Å². The molecule has 1 saturated heterocycles. The second-order valence-electron chi connectivity index (χ2n) is 8.93. The number of amides is 2. The number of benzene rings is 2. The smallest absolute Gasteiger partial charge is 0.260 e. The Bertz CT molecular complexity index is 902. The molecule has 2 aliphatic rings. The predicted octanol–water partition coefficient (Wildman–Crippen LogP) is 3.90. The standard InChI is InChI=1S/C26H31FN2O3/c27-22-6-10-24(11-7-22)32-18-26(31)29-15-13-21(14-16-29)17-20-3-1-19(2-4-20)5-12-25(30)28-23-8-9-23/h1-4,6-7,10-11,21,23H,5,8-9,12-18H2,(H,28,30). The minimum Gasteiger partial charge on any atom is -0.484 e. The lowest BCUT2D eigenvalue weighted by Gasteiger charge is -2.32. The van der Waals surface area contributed by atoms with Gasteiger partial charge in [-0.2, -0.15) is 0 Å². The van der Waals surface area contributed by atoms with Crippen LogP contribution in [-0.2, 0) is 22.4 Å². The van der Waals surface area contributed by atoms with Gasteiger partial charge in [0.2, 0.25) is 5.91 Å². The Hall–Kier alpha value is -2.89. The summed E-state index contributed by atoms with van der Waals surface area (Å²) in [5.41, 5.74) is 2.50. The van der Waals surface area contributed by atoms with Crippen molar-refractivity contribution in [1.82, 2.24) is 10.2 Å². The number of hydrogen-bond donors (Lipinski definition) is 1. The molecule has 0 atom stereocenters. The quantitative estimate of drug-likeness (QED) is 0.646. The van der Waals surface area contributed by atoms with E-state index in [9.17, 15) is 14.0 Å². The van der Waals surface area contributed by atoms with E-state index in [0.29, 0.717) is 24.1 Å². The molecule has 1 N–H and O–H groups in total. The molecule has 2 amide bonds. The highest BCUT2D eigenvalue weighted by Gasteiger charge is 2.24. The number of nitrogens with one attached hydrogen (secondary N) is 1. The minimum atomic E-state index is -0.323. The highest BCUT2D eigenvalue weighted by Crippen LogP contribution is 2.23. The zero-order valence-electron chi connectivity index (χ0n) is 18.4. The lowest BCUT2D eigenvalue weighted by molar-refractivity contribution is -0.134. The molecule has 4 rings (SSSR count). The van der Waals surface area contributed by atoms with Crippen LogP contribution in [0.15, 0.2) is 48.5 Å². The zero-order valence-corrected chi connectivity index (χ0v) is 18.4. The number of likely N-dealkylation sites (tertiary alicyclic amines) is 1. The summed E-state index contributed by atoms with van der Waals surface area (Å²) >= 11 is 0. The monoisotopic (exact) mass is 438 g/mol. The normalized spacial score (nSPS) is 16.6. The summed E-state index contributed by atoms with van der Waals surface area (Å²) in [6, 6.07) is 14.7. The van der Waals surface area contributed by atoms with Crippen molar-refractivity contribution in [1.29, 1.82) is 0 Å². The topological polar surface area (TPSA) is 58.6 Å². The maximum absolute atomic E-state index is 12.9. The van der Waals surface area contributed by atoms with Gasteiger partial charge in [-0.3, -0.25) is 9.59 Å². The van der Waals surface area contributed by atoms with Crippen molar-refractivity contribution in [3.63, 3.8) is 0 Å². The van der Waals surface area contributed by atoms with E-state index in [0.717, 1.165) is 51.6 Å². The van der Waals surface area contributed by atoms with Crippen molar-refractivity contribution >= 4 is 11.8 Å². The van der Waals surface area contributed by atoms with Crippen molar-refractivity contribution in [3.8, 4) is 5.75 Å². The molecule has 0 aromatic heterocycles. The van der Waals surface area contributed by atoms with Gasteiger partial charge in [-0.05, 0) is 79.8 Å². The van der Waals surface area contributed by atoms with Crippen LogP contribution in [0.3, 0.4) is 0 Å². The van der Waals surface area contributed by atoms with Crippen LogP contribution >= 0.6 is 0 Å². The summed E-state index contributed by atoms with van der Waals surface area (Å²) in [7, 11) is 0. The molecule has 6 heteroatoms. The molecular formula is C26H31FN2O3. The average Bonchev–Trinajstić information content (AvgIpc) is 3.62. The first-order chi connectivity index (χ1) is 15.5. The first kappa shape index (κ1) is 22.3. The fourth-order valence-electron chi connectivity index (χ4n) is 4.11. The van der Waals surface area contributed by atoms with Gasteiger partial charge >= 0.3 is 0 Å². The molecule has 1 saturated carbocycles. The SMILES string of the molecule is O=C(CCc1ccc(CC2CCN(C(=O)COc3ccc(F)cc3)CC2)cc1)NC1CC1. The third kappa shape index (κ3) is 6.81. The lowest BCUT2D eigenvalue weighted by atomic mass is 9.89. The first-order valence-corrected chi connectivity index (χ1v) is 11.6. The fourth-order valence-corrected chi connectivity index (χ4v) is 4.11. The number of carbonyl (C=O) groups excluding carboxylic acids is 2. The van der Waals surface area contributed by atoms with Crippen molar-refractivity contribution in [3.05, 3.63) is 65.5 Å². The van der Waals surface area contributed by atoms with Gasteiger partial charge in [-0.1, -0.05) is 24.3 Å². The van der Waals surface area contributed by atoms with Gasteiger partial charge in [0, 0.05) is 25.6 Å². The van der Waals surface area contributed by atoms with Gasteiger partial charge in [0.25, 0.3) is 5.91 Å². The van der Waals surface area contributed by atoms with E-state index < -0.39 is 0 Å². The number of rotatable bonds is 9. The van der Waals surface area contributed by atoms with E-state index in [4.69, 9.17) is 4.74 Å². The molecular weight excluding hydrogens is 407 g/mol. The van der Waals surface area contributed by atoms with E-state index in [1.165, 1.54) is 35.4 Å². The third-order valence-electron chi connectivity index (χ3n) is 6.27. The van der Waals surface area contributed by atoms with Crippen LogP contribution in [0, 0.1) is 11.7 Å². The average molecular weight is 439 g/mol. The van der Waals surface area contributed by atoms with Gasteiger partial charge in [0.1, 0.15) is 11.6 Å². The van der Waals surface area contributed by atoms with E-state index in [1.807, 2.05) is 4.90 Å². The first-order valence-electron chi connectivity index (χ1n) is 11.6. The van der Waals surface area contributed by atoms with E-state index in [1.54, 1.807) is 0 Å². The lowest BCUT2D eigenvalue weighted by Crippen LogP contribution is -2.41. The molecule has 170 valence electrons. The van der Waals surface area contributed by atoms with Gasteiger partial charge in [-0.25, -0.2) is 4.39 Å². The maximum atomic E-state index is 12.9. The summed E-state index contributed by atoms with van der Waals surface area (Å²) < 4.78 is 18.4. The number of carbonyl (C=O) groups is 2. The number of piperidine rings is 1. The number of aryl methyl sites for hydroxylation is 1. The summed E-state index contributed by atoms with van der Waals surface area (Å²) in [5.74, 6) is 0.870. The Morgan fingerprint density at radius 2 is 1.59 bits per heavy atom. The van der Waals surface area contributed by atoms with Crippen LogP contribution in [-0.4, -0.2) is 42.5 Å². The number of hydrogen-bond acceptors (Lipinski definition) is 3. The Morgan fingerprint density at radius 3 is 2.25 bits per heavy atom. The Balaban J connectivity index is 1.15. The largest absolute Gasteiger partial charge is 0.484 e. The summed E-state index contributed by atoms with van der Waals surface area (Å²) in [5, 5.41) is 3.03. The zero-order chi connectivity index (χ0) is 22.3. The van der Waals surface area contributed by atoms with Crippen LogP contribution in [0.5, 0.6) is 5.75 Å². The summed E-state index contributed by atoms with van der Waals surface area (Å²) in [4.78, 5) is 26.1. The second-order valence-corrected chi connectivity index (χ2v) is 8.93. The molecule has 0 spiro atoms. The van der Waals surface area contributed by atoms with Gasteiger partial charge in [-0.15, -0.1) is 0 Å². The minimum absolute atomic E-state index is 0.0174. The van der Waals surface area contributed by atoms with Crippen LogP contribution in [0.4, 0.5) is 4.39 Å². The third-order valence-corrected chi connectivity index (χ3v) is 6.27. The Morgan fingerprint density at radius 1 is 0.938 bits per heavy atom. The molecule has 5 nitrogen and oxygen atoms in total. The van der Waals surface area contributed by atoms with Crippen molar-refractivity contribution < 1.29 is 18.7 Å². The second kappa shape index (κ2) is 10.6. The van der Waals surface area contributed by atoms with Gasteiger partial charge in [0.05, 0.1) is 0 Å². The fraction of sp³-hybridized carbons (Fsp3) is 0.462. The molecule has 0 bridgehead atoms. The van der Waals surface area contributed by atoms with Crippen LogP contribution in [0.25, 0.3) is 0 Å². The highest BCUT2D eigenvalue weighted by molar-refractivity contribution is 5.78. The molecule has 0 unspecified atom stereocenters. The van der Waals surface area contributed by atoms with E-state index >= 15 is 0 Å². The number of nitrogens with zero attached hydrogens (tertiary/aromatic N) is 1. The van der Waals surface area contributed by atoms with Crippen LogP contribution in [0.1, 0.15) is 43.2 Å². The molecule has 0 radical (unpaired) electrons. The highest BCUT2D eigenvalue weighted by atomic mass is 19.1. The van der Waals surface area contributed by atoms with Gasteiger partial charge < -0.3 is 15.0 Å². The Kier molecular flexibility index (Phi) is 7.40. The molecule has 32 heavy (non-hydrogen) atoms. The molecule has 2 aromatic carbocycles. The molecule has 1 heterocycles. The molecule has 2 fully saturated rings. The number of halogens is 1. The number of ether oxygens (including phenoxy) is 1. The summed E-state index contributed by atoms with van der Waals surface area (Å²) in [6.45, 7) is 1.46. The van der Waals surface area contributed by atoms with Crippen LogP contribution < -0.4 is 10.1 Å². The van der Waals surface area contributed by atoms with Crippen molar-refractivity contribution in [2.75, 3.05) is 19.7 Å². The van der Waals surface area contributed by atoms with E-state index in [2.05, 4.69) is 29.6 Å². The molecule has 1 aliphatic carbocycles. The Labute approximate surface area is 188 Å². The van der Waals surface area contributed by atoms with Crippen molar-refractivity contribution in [2.24, 2.45) is 5.92 Å². The van der Waals surface area contributed by atoms with Gasteiger partial charge in [0.15, 0.2) is 6.61 Å². The molecule has 1 aliphatic heterocycles. The molecule has 2 aromatic rings.